The van der Waals surface area contributed by atoms with Crippen LogP contribution >= 0.6 is 0 Å². The van der Waals surface area contributed by atoms with E-state index in [1.807, 2.05) is 24.3 Å². The molecule has 0 atom stereocenters. The van der Waals surface area contributed by atoms with Crippen molar-refractivity contribution < 1.29 is 8.81 Å². The van der Waals surface area contributed by atoms with Gasteiger partial charge < -0.3 is 15.5 Å². The van der Waals surface area contributed by atoms with Crippen LogP contribution in [0, 0.1) is 5.82 Å². The number of rotatable bonds is 3. The summed E-state index contributed by atoms with van der Waals surface area (Å²) in [5.41, 5.74) is 8.75. The van der Waals surface area contributed by atoms with Gasteiger partial charge in [0.1, 0.15) is 11.4 Å². The van der Waals surface area contributed by atoms with E-state index in [1.54, 1.807) is 12.3 Å². The highest BCUT2D eigenvalue weighted by Gasteiger charge is 2.06. The number of nitrogen functional groups attached to an aromatic ring is 1. The zero-order valence-electron chi connectivity index (χ0n) is 10.2. The number of nitrogens with one attached hydrogen (secondary N) is 1. The van der Waals surface area contributed by atoms with Crippen molar-refractivity contribution in [3.05, 3.63) is 60.1 Å². The molecule has 1 aromatic heterocycles. The third-order valence-electron chi connectivity index (χ3n) is 3.04. The van der Waals surface area contributed by atoms with Gasteiger partial charge in [0.15, 0.2) is 0 Å². The predicted molar refractivity (Wildman–Crippen MR) is 74.4 cm³/mol. The summed E-state index contributed by atoms with van der Waals surface area (Å²) in [7, 11) is 0. The second kappa shape index (κ2) is 4.65. The van der Waals surface area contributed by atoms with Gasteiger partial charge in [-0.05, 0) is 24.3 Å². The van der Waals surface area contributed by atoms with E-state index >= 15 is 0 Å². The molecule has 2 aromatic carbocycles. The van der Waals surface area contributed by atoms with E-state index in [0.29, 0.717) is 17.9 Å². The fourth-order valence-electron chi connectivity index (χ4n) is 2.05. The first kappa shape index (κ1) is 11.6. The molecule has 0 aliphatic heterocycles. The Morgan fingerprint density at radius 2 is 2.00 bits per heavy atom. The number of furan rings is 1. The van der Waals surface area contributed by atoms with Crippen molar-refractivity contribution >= 4 is 22.3 Å². The molecule has 0 bridgehead atoms. The Morgan fingerprint density at radius 3 is 2.84 bits per heavy atom. The van der Waals surface area contributed by atoms with E-state index in [4.69, 9.17) is 10.2 Å². The highest BCUT2D eigenvalue weighted by atomic mass is 19.1. The second-order valence-electron chi connectivity index (χ2n) is 4.34. The SMILES string of the molecule is Nc1cc(F)ccc1NCc1coc2ccccc12. The summed E-state index contributed by atoms with van der Waals surface area (Å²) in [4.78, 5) is 0. The number of hydrogen-bond acceptors (Lipinski definition) is 3. The summed E-state index contributed by atoms with van der Waals surface area (Å²) >= 11 is 0. The van der Waals surface area contributed by atoms with Crippen molar-refractivity contribution in [3.8, 4) is 0 Å². The average Bonchev–Trinajstić information content (AvgIpc) is 2.81. The first-order valence-corrected chi connectivity index (χ1v) is 5.98. The molecule has 3 aromatic rings. The number of halogens is 1. The van der Waals surface area contributed by atoms with Crippen molar-refractivity contribution in [1.82, 2.24) is 0 Å². The summed E-state index contributed by atoms with van der Waals surface area (Å²) in [5.74, 6) is -0.336. The number of hydrogen-bond donors (Lipinski definition) is 2. The lowest BCUT2D eigenvalue weighted by atomic mass is 10.1. The smallest absolute Gasteiger partial charge is 0.134 e. The molecule has 96 valence electrons. The molecule has 19 heavy (non-hydrogen) atoms. The van der Waals surface area contributed by atoms with Crippen molar-refractivity contribution in [2.75, 3.05) is 11.1 Å². The van der Waals surface area contributed by atoms with Gasteiger partial charge in [0, 0.05) is 17.5 Å². The zero-order chi connectivity index (χ0) is 13.2. The van der Waals surface area contributed by atoms with Gasteiger partial charge in [-0.25, -0.2) is 4.39 Å². The lowest BCUT2D eigenvalue weighted by molar-refractivity contribution is 0.611. The monoisotopic (exact) mass is 256 g/mol. The van der Waals surface area contributed by atoms with E-state index in [-0.39, 0.29) is 5.82 Å². The summed E-state index contributed by atoms with van der Waals surface area (Å²) in [6.07, 6.45) is 1.72. The van der Waals surface area contributed by atoms with E-state index in [1.165, 1.54) is 12.1 Å². The molecule has 0 aliphatic rings. The lowest BCUT2D eigenvalue weighted by Gasteiger charge is -2.08. The Labute approximate surface area is 109 Å². The Bertz CT molecular complexity index is 721. The molecule has 0 radical (unpaired) electrons. The second-order valence-corrected chi connectivity index (χ2v) is 4.34. The summed E-state index contributed by atoms with van der Waals surface area (Å²) in [6.45, 7) is 0.576. The van der Waals surface area contributed by atoms with Gasteiger partial charge in [-0.1, -0.05) is 18.2 Å². The van der Waals surface area contributed by atoms with Crippen LogP contribution in [0.3, 0.4) is 0 Å². The number of anilines is 2. The van der Waals surface area contributed by atoms with Crippen molar-refractivity contribution in [2.24, 2.45) is 0 Å². The molecule has 3 rings (SSSR count). The summed E-state index contributed by atoms with van der Waals surface area (Å²) in [5, 5.41) is 4.25. The van der Waals surface area contributed by atoms with E-state index in [2.05, 4.69) is 5.32 Å². The third-order valence-corrected chi connectivity index (χ3v) is 3.04. The minimum absolute atomic E-state index is 0.336. The molecule has 0 unspecified atom stereocenters. The molecule has 0 amide bonds. The van der Waals surface area contributed by atoms with Crippen molar-refractivity contribution in [1.29, 1.82) is 0 Å². The first-order valence-electron chi connectivity index (χ1n) is 5.98. The molecule has 0 aliphatic carbocycles. The maximum Gasteiger partial charge on any atom is 0.134 e. The molecule has 0 saturated carbocycles. The minimum Gasteiger partial charge on any atom is -0.464 e. The number of fused-ring (bicyclic) bond motifs is 1. The molecular weight excluding hydrogens is 243 g/mol. The van der Waals surface area contributed by atoms with E-state index in [9.17, 15) is 4.39 Å². The Morgan fingerprint density at radius 1 is 1.16 bits per heavy atom. The maximum absolute atomic E-state index is 12.9. The predicted octanol–water partition coefficient (Wildman–Crippen LogP) is 3.77. The van der Waals surface area contributed by atoms with E-state index in [0.717, 1.165) is 16.5 Å². The normalized spacial score (nSPS) is 10.8. The fourth-order valence-corrected chi connectivity index (χ4v) is 2.05. The molecule has 1 heterocycles. The lowest BCUT2D eigenvalue weighted by Crippen LogP contribution is -2.02. The summed E-state index contributed by atoms with van der Waals surface area (Å²) < 4.78 is 18.4. The topological polar surface area (TPSA) is 51.2 Å². The largest absolute Gasteiger partial charge is 0.464 e. The summed E-state index contributed by atoms with van der Waals surface area (Å²) in [6, 6.07) is 12.1. The molecule has 0 spiro atoms. The van der Waals surface area contributed by atoms with Gasteiger partial charge in [0.2, 0.25) is 0 Å². The standard InChI is InChI=1S/C15H13FN2O/c16-11-5-6-14(13(17)7-11)18-8-10-9-19-15-4-2-1-3-12(10)15/h1-7,9,18H,8,17H2. The van der Waals surface area contributed by atoms with Crippen LogP contribution < -0.4 is 11.1 Å². The van der Waals surface area contributed by atoms with Crippen LogP contribution in [0.2, 0.25) is 0 Å². The van der Waals surface area contributed by atoms with Gasteiger partial charge in [0.25, 0.3) is 0 Å². The zero-order valence-corrected chi connectivity index (χ0v) is 10.2. The molecule has 0 fully saturated rings. The van der Waals surface area contributed by atoms with Crippen LogP contribution in [-0.4, -0.2) is 0 Å². The Kier molecular flexibility index (Phi) is 2.83. The molecule has 0 saturated heterocycles. The average molecular weight is 256 g/mol. The Balaban J connectivity index is 1.82. The quantitative estimate of drug-likeness (QED) is 0.701. The van der Waals surface area contributed by atoms with Crippen LogP contribution in [0.25, 0.3) is 11.0 Å². The Hall–Kier alpha value is -2.49. The van der Waals surface area contributed by atoms with Crippen LogP contribution in [0.15, 0.2) is 53.1 Å². The molecule has 4 heteroatoms. The number of para-hydroxylation sites is 1. The van der Waals surface area contributed by atoms with Crippen LogP contribution in [0.5, 0.6) is 0 Å². The first-order chi connectivity index (χ1) is 9.24. The van der Waals surface area contributed by atoms with Gasteiger partial charge in [0.05, 0.1) is 17.6 Å². The molecular formula is C15H13FN2O. The minimum atomic E-state index is -0.336. The highest BCUT2D eigenvalue weighted by Crippen LogP contribution is 2.24. The van der Waals surface area contributed by atoms with E-state index < -0.39 is 0 Å². The van der Waals surface area contributed by atoms with Crippen LogP contribution in [0.4, 0.5) is 15.8 Å². The van der Waals surface area contributed by atoms with Crippen molar-refractivity contribution in [3.63, 3.8) is 0 Å². The highest BCUT2D eigenvalue weighted by molar-refractivity contribution is 5.81. The van der Waals surface area contributed by atoms with Crippen LogP contribution in [0.1, 0.15) is 5.56 Å². The van der Waals surface area contributed by atoms with Gasteiger partial charge in [-0.2, -0.15) is 0 Å². The van der Waals surface area contributed by atoms with Gasteiger partial charge >= 0.3 is 0 Å². The molecule has 3 N–H and O–H groups in total. The maximum atomic E-state index is 12.9. The van der Waals surface area contributed by atoms with Gasteiger partial charge in [-0.15, -0.1) is 0 Å². The molecule has 3 nitrogen and oxygen atoms in total. The third kappa shape index (κ3) is 2.25. The number of nitrogens with two attached hydrogens (primary N) is 1. The van der Waals surface area contributed by atoms with Crippen LogP contribution in [-0.2, 0) is 6.54 Å². The number of benzene rings is 2. The van der Waals surface area contributed by atoms with Gasteiger partial charge in [-0.3, -0.25) is 0 Å². The fraction of sp³-hybridized carbons (Fsp3) is 0.0667. The van der Waals surface area contributed by atoms with Crippen molar-refractivity contribution in [2.45, 2.75) is 6.54 Å².